The van der Waals surface area contributed by atoms with Crippen LogP contribution in [0.25, 0.3) is 0 Å². The molecule has 0 saturated heterocycles. The molecule has 0 aliphatic rings. The second-order valence-corrected chi connectivity index (χ2v) is 4.56. The molecule has 12 heteroatoms. The van der Waals surface area contributed by atoms with Gasteiger partial charge in [-0.25, -0.2) is 0 Å². The summed E-state index contributed by atoms with van der Waals surface area (Å²) in [5.41, 5.74) is 17.0. The summed E-state index contributed by atoms with van der Waals surface area (Å²) in [7, 11) is 0. The Labute approximate surface area is 169 Å². The lowest BCUT2D eigenvalue weighted by Gasteiger charge is -2.23. The lowest BCUT2D eigenvalue weighted by Crippen LogP contribution is -2.37. The quantitative estimate of drug-likeness (QED) is 0.183. The van der Waals surface area contributed by atoms with Gasteiger partial charge in [-0.15, -0.1) is 0 Å². The Morgan fingerprint density at radius 1 is 0.552 bits per heavy atom. The molecule has 0 aliphatic carbocycles. The molecule has 12 N–H and O–H groups in total. The van der Waals surface area contributed by atoms with Crippen LogP contribution in [0.5, 0.6) is 0 Å². The number of aliphatic hydroxyl groups is 4. The summed E-state index contributed by atoms with van der Waals surface area (Å²) in [6.07, 6.45) is 4.22. The van der Waals surface area contributed by atoms with E-state index in [1.54, 1.807) is 0 Å². The van der Waals surface area contributed by atoms with E-state index in [0.29, 0.717) is 0 Å². The fourth-order valence-corrected chi connectivity index (χ4v) is 0.300. The van der Waals surface area contributed by atoms with Crippen molar-refractivity contribution in [3.05, 3.63) is 50.6 Å². The fraction of sp³-hybridized carbons (Fsp3) is 0.294. The highest BCUT2D eigenvalue weighted by molar-refractivity contribution is 5.85. The lowest BCUT2D eigenvalue weighted by molar-refractivity contribution is -0.114. The zero-order chi connectivity index (χ0) is 24.5. The number of aliphatic hydroxyl groups excluding tert-OH is 4. The largest absolute Gasteiger partial charge is 0.396 e. The normalized spacial score (nSPS) is 8.14. The van der Waals surface area contributed by atoms with Crippen LogP contribution >= 0.6 is 0 Å². The first-order valence-corrected chi connectivity index (χ1v) is 7.44. The first kappa shape index (κ1) is 36.6. The summed E-state index contributed by atoms with van der Waals surface area (Å²) in [6.45, 7) is 10.7. The Hall–Kier alpha value is -3.32. The van der Waals surface area contributed by atoms with Crippen LogP contribution in [0, 0.1) is 5.41 Å². The third-order valence-corrected chi connectivity index (χ3v) is 2.15. The standard InChI is InChI=1S/C5H12O4.4C3H5NO/c6-1-5(2-7,3-8)4-9;4*1-2-3(4)5/h6-9H,1-4H2;4*2H,1H2,(H2,4,5). The molecule has 0 aromatic carbocycles. The van der Waals surface area contributed by atoms with E-state index in [2.05, 4.69) is 49.3 Å². The van der Waals surface area contributed by atoms with Gasteiger partial charge >= 0.3 is 0 Å². The van der Waals surface area contributed by atoms with E-state index in [0.717, 1.165) is 24.3 Å². The molecule has 0 aromatic heterocycles. The topological polar surface area (TPSA) is 253 Å². The summed E-state index contributed by atoms with van der Waals surface area (Å²) >= 11 is 0. The van der Waals surface area contributed by atoms with Gasteiger partial charge in [0.15, 0.2) is 0 Å². The first-order valence-electron chi connectivity index (χ1n) is 7.44. The molecule has 0 rings (SSSR count). The van der Waals surface area contributed by atoms with Crippen molar-refractivity contribution in [1.29, 1.82) is 0 Å². The molecule has 0 aromatic rings. The number of rotatable bonds is 8. The van der Waals surface area contributed by atoms with Crippen molar-refractivity contribution in [2.75, 3.05) is 26.4 Å². The Morgan fingerprint density at radius 3 is 0.655 bits per heavy atom. The van der Waals surface area contributed by atoms with E-state index in [-0.39, 0.29) is 0 Å². The molecule has 0 spiro atoms. The van der Waals surface area contributed by atoms with Crippen molar-refractivity contribution in [2.45, 2.75) is 0 Å². The summed E-state index contributed by atoms with van der Waals surface area (Å²) in [4.78, 5) is 37.9. The highest BCUT2D eigenvalue weighted by Gasteiger charge is 2.26. The molecule has 4 amide bonds. The molecule has 12 nitrogen and oxygen atoms in total. The van der Waals surface area contributed by atoms with Crippen molar-refractivity contribution in [1.82, 2.24) is 0 Å². The first-order chi connectivity index (χ1) is 13.3. The van der Waals surface area contributed by atoms with Crippen LogP contribution in [0.2, 0.25) is 0 Å². The molecule has 0 aliphatic heterocycles. The van der Waals surface area contributed by atoms with Gasteiger partial charge in [0, 0.05) is 0 Å². The third-order valence-electron chi connectivity index (χ3n) is 2.15. The number of carbonyl (C=O) groups is 4. The Morgan fingerprint density at radius 2 is 0.655 bits per heavy atom. The average Bonchev–Trinajstić information content (AvgIpc) is 2.71. The van der Waals surface area contributed by atoms with Crippen LogP contribution in [0.15, 0.2) is 50.6 Å². The van der Waals surface area contributed by atoms with Crippen molar-refractivity contribution in [2.24, 2.45) is 28.3 Å². The third kappa shape index (κ3) is 45.6. The smallest absolute Gasteiger partial charge is 0.240 e. The summed E-state index contributed by atoms with van der Waals surface area (Å²) in [6, 6.07) is 0. The minimum absolute atomic E-state index is 0.406. The molecular weight excluding hydrogens is 388 g/mol. The molecular formula is C17H32N4O8. The van der Waals surface area contributed by atoms with Crippen LogP contribution in [-0.2, 0) is 19.2 Å². The molecule has 0 heterocycles. The van der Waals surface area contributed by atoms with Gasteiger partial charge in [-0.1, -0.05) is 26.3 Å². The van der Waals surface area contributed by atoms with Gasteiger partial charge in [0.2, 0.25) is 23.6 Å². The molecule has 0 radical (unpaired) electrons. The van der Waals surface area contributed by atoms with E-state index >= 15 is 0 Å². The molecule has 0 fully saturated rings. The number of nitrogens with two attached hydrogens (primary N) is 4. The molecule has 168 valence electrons. The van der Waals surface area contributed by atoms with Gasteiger partial charge in [0.25, 0.3) is 0 Å². The Balaban J connectivity index is -0.0000000853. The number of amides is 4. The number of carbonyl (C=O) groups excluding carboxylic acids is 4. The van der Waals surface area contributed by atoms with E-state index in [1.807, 2.05) is 0 Å². The van der Waals surface area contributed by atoms with Gasteiger partial charge < -0.3 is 43.4 Å². The maximum atomic E-state index is 9.47. The van der Waals surface area contributed by atoms with E-state index in [1.165, 1.54) is 0 Å². The molecule has 0 atom stereocenters. The number of hydrogen-bond donors (Lipinski definition) is 8. The second kappa shape index (κ2) is 26.9. The van der Waals surface area contributed by atoms with Crippen LogP contribution in [0.4, 0.5) is 0 Å². The summed E-state index contributed by atoms with van der Waals surface area (Å²) in [5, 5.41) is 34.0. The van der Waals surface area contributed by atoms with Crippen molar-refractivity contribution in [3.8, 4) is 0 Å². The van der Waals surface area contributed by atoms with Gasteiger partial charge in [-0.3, -0.25) is 19.2 Å². The molecule has 0 bridgehead atoms. The zero-order valence-electron chi connectivity index (χ0n) is 16.2. The highest BCUT2D eigenvalue weighted by Crippen LogP contribution is 2.11. The number of hydrogen-bond acceptors (Lipinski definition) is 8. The molecule has 0 unspecified atom stereocenters. The minimum atomic E-state index is -1.11. The SMILES string of the molecule is C=CC(N)=O.C=CC(N)=O.C=CC(N)=O.C=CC(N)=O.OCC(CO)(CO)CO. The molecule has 0 saturated carbocycles. The predicted molar refractivity (Wildman–Crippen MR) is 108 cm³/mol. The minimum Gasteiger partial charge on any atom is -0.396 e. The van der Waals surface area contributed by atoms with Gasteiger partial charge in [-0.05, 0) is 24.3 Å². The Bertz CT molecular complexity index is 428. The van der Waals surface area contributed by atoms with E-state index in [9.17, 15) is 19.2 Å². The van der Waals surface area contributed by atoms with Crippen LogP contribution < -0.4 is 22.9 Å². The van der Waals surface area contributed by atoms with Gasteiger partial charge in [-0.2, -0.15) is 0 Å². The molecule has 29 heavy (non-hydrogen) atoms. The maximum Gasteiger partial charge on any atom is 0.240 e. The monoisotopic (exact) mass is 420 g/mol. The fourth-order valence-electron chi connectivity index (χ4n) is 0.300. The van der Waals surface area contributed by atoms with Crippen molar-refractivity contribution < 1.29 is 39.6 Å². The van der Waals surface area contributed by atoms with Crippen LogP contribution in [-0.4, -0.2) is 70.5 Å². The second-order valence-electron chi connectivity index (χ2n) is 4.56. The van der Waals surface area contributed by atoms with E-state index < -0.39 is 55.5 Å². The summed E-state index contributed by atoms with van der Waals surface area (Å²) in [5.74, 6) is -1.93. The van der Waals surface area contributed by atoms with Crippen LogP contribution in [0.1, 0.15) is 0 Å². The number of primary amides is 4. The zero-order valence-corrected chi connectivity index (χ0v) is 16.2. The van der Waals surface area contributed by atoms with Gasteiger partial charge in [0.05, 0.1) is 31.8 Å². The lowest BCUT2D eigenvalue weighted by atomic mass is 9.93. The van der Waals surface area contributed by atoms with Crippen molar-refractivity contribution in [3.63, 3.8) is 0 Å². The van der Waals surface area contributed by atoms with Crippen molar-refractivity contribution >= 4 is 23.6 Å². The maximum absolute atomic E-state index is 9.47. The predicted octanol–water partition coefficient (Wildman–Crippen LogP) is -3.43. The highest BCUT2D eigenvalue weighted by atomic mass is 16.3. The summed E-state index contributed by atoms with van der Waals surface area (Å²) < 4.78 is 0. The average molecular weight is 420 g/mol. The van der Waals surface area contributed by atoms with Crippen LogP contribution in [0.3, 0.4) is 0 Å². The van der Waals surface area contributed by atoms with E-state index in [4.69, 9.17) is 20.4 Å². The Kier molecular flexibility index (Phi) is 33.9. The van der Waals surface area contributed by atoms with Gasteiger partial charge in [0.1, 0.15) is 0 Å².